The quantitative estimate of drug-likeness (QED) is 0.721. The van der Waals surface area contributed by atoms with Gasteiger partial charge in [-0.25, -0.2) is 0 Å². The molecule has 0 amide bonds. The van der Waals surface area contributed by atoms with Crippen LogP contribution in [0.25, 0.3) is 0 Å². The highest BCUT2D eigenvalue weighted by Gasteiger charge is 2.23. The van der Waals surface area contributed by atoms with E-state index in [9.17, 15) is 0 Å². The Morgan fingerprint density at radius 3 is 2.64 bits per heavy atom. The summed E-state index contributed by atoms with van der Waals surface area (Å²) in [6, 6.07) is 0.486. The van der Waals surface area contributed by atoms with Crippen LogP contribution in [-0.2, 0) is 0 Å². The first-order valence-electron chi connectivity index (χ1n) is 5.46. The van der Waals surface area contributed by atoms with Crippen molar-refractivity contribution in [1.29, 1.82) is 0 Å². The molecule has 0 bridgehead atoms. The summed E-state index contributed by atoms with van der Waals surface area (Å²) in [6.45, 7) is 13.1. The van der Waals surface area contributed by atoms with Crippen LogP contribution in [0.4, 0.5) is 0 Å². The van der Waals surface area contributed by atoms with Crippen LogP contribution in [0, 0.1) is 11.3 Å². The summed E-state index contributed by atoms with van der Waals surface area (Å²) in [5.41, 5.74) is 0.316. The lowest BCUT2D eigenvalue weighted by atomic mass is 9.81. The maximum Gasteiger partial charge on any atom is 0.191 e. The van der Waals surface area contributed by atoms with Gasteiger partial charge in [0.1, 0.15) is 0 Å². The Hall–Kier alpha value is -0.730. The SMILES string of the molecule is CC1CN=C(NCC(C)(C)C(C)C)N1. The minimum absolute atomic E-state index is 0.316. The van der Waals surface area contributed by atoms with E-state index in [2.05, 4.69) is 50.2 Å². The smallest absolute Gasteiger partial charge is 0.191 e. The Labute approximate surface area is 87.4 Å². The van der Waals surface area contributed by atoms with Gasteiger partial charge in [-0.1, -0.05) is 27.7 Å². The molecule has 3 nitrogen and oxygen atoms in total. The summed E-state index contributed by atoms with van der Waals surface area (Å²) in [6.07, 6.45) is 0. The third kappa shape index (κ3) is 2.89. The summed E-state index contributed by atoms with van der Waals surface area (Å²) in [7, 11) is 0. The second-order valence-electron chi connectivity index (χ2n) is 5.23. The van der Waals surface area contributed by atoms with E-state index < -0.39 is 0 Å². The molecule has 1 atom stereocenters. The van der Waals surface area contributed by atoms with Crippen molar-refractivity contribution >= 4 is 5.96 Å². The highest BCUT2D eigenvalue weighted by Crippen LogP contribution is 2.24. The monoisotopic (exact) mass is 197 g/mol. The summed E-state index contributed by atoms with van der Waals surface area (Å²) in [5, 5.41) is 6.68. The molecule has 0 aromatic heterocycles. The van der Waals surface area contributed by atoms with E-state index in [1.165, 1.54) is 0 Å². The van der Waals surface area contributed by atoms with Gasteiger partial charge < -0.3 is 10.6 Å². The van der Waals surface area contributed by atoms with Gasteiger partial charge in [0.15, 0.2) is 5.96 Å². The van der Waals surface area contributed by atoms with E-state index in [4.69, 9.17) is 0 Å². The molecular weight excluding hydrogens is 174 g/mol. The van der Waals surface area contributed by atoms with Crippen LogP contribution in [0.5, 0.6) is 0 Å². The Kier molecular flexibility index (Phi) is 3.40. The summed E-state index contributed by atoms with van der Waals surface area (Å²) >= 11 is 0. The zero-order chi connectivity index (χ0) is 10.8. The molecule has 3 heteroatoms. The molecule has 1 rings (SSSR count). The predicted octanol–water partition coefficient (Wildman–Crippen LogP) is 1.61. The Morgan fingerprint density at radius 2 is 2.21 bits per heavy atom. The fourth-order valence-electron chi connectivity index (χ4n) is 1.18. The van der Waals surface area contributed by atoms with Gasteiger partial charge in [0.2, 0.25) is 0 Å². The number of guanidine groups is 1. The molecule has 2 N–H and O–H groups in total. The molecular formula is C11H23N3. The Bertz CT molecular complexity index is 219. The topological polar surface area (TPSA) is 36.4 Å². The van der Waals surface area contributed by atoms with Crippen LogP contribution in [0.2, 0.25) is 0 Å². The largest absolute Gasteiger partial charge is 0.356 e. The number of hydrogen-bond acceptors (Lipinski definition) is 3. The maximum absolute atomic E-state index is 4.37. The number of nitrogens with zero attached hydrogens (tertiary/aromatic N) is 1. The molecule has 1 heterocycles. The maximum atomic E-state index is 4.37. The summed E-state index contributed by atoms with van der Waals surface area (Å²) in [5.74, 6) is 1.64. The molecule has 0 saturated heterocycles. The molecule has 0 spiro atoms. The van der Waals surface area contributed by atoms with E-state index in [0.717, 1.165) is 19.0 Å². The molecule has 1 aliphatic heterocycles. The Balaban J connectivity index is 2.34. The van der Waals surface area contributed by atoms with Gasteiger partial charge in [-0.3, -0.25) is 4.99 Å². The lowest BCUT2D eigenvalue weighted by Gasteiger charge is -2.29. The lowest BCUT2D eigenvalue weighted by Crippen LogP contribution is -2.43. The molecule has 0 aliphatic carbocycles. The van der Waals surface area contributed by atoms with Crippen LogP contribution >= 0.6 is 0 Å². The van der Waals surface area contributed by atoms with Crippen molar-refractivity contribution in [3.63, 3.8) is 0 Å². The molecule has 1 aliphatic rings. The number of aliphatic imine (C=N–C) groups is 1. The molecule has 0 saturated carbocycles. The van der Waals surface area contributed by atoms with Crippen molar-refractivity contribution in [3.05, 3.63) is 0 Å². The minimum Gasteiger partial charge on any atom is -0.356 e. The van der Waals surface area contributed by atoms with Crippen molar-refractivity contribution in [2.75, 3.05) is 13.1 Å². The molecule has 0 aromatic rings. The fourth-order valence-corrected chi connectivity index (χ4v) is 1.18. The van der Waals surface area contributed by atoms with Gasteiger partial charge in [0.25, 0.3) is 0 Å². The number of rotatable bonds is 3. The number of nitrogens with one attached hydrogen (secondary N) is 2. The van der Waals surface area contributed by atoms with Crippen molar-refractivity contribution in [3.8, 4) is 0 Å². The first-order valence-corrected chi connectivity index (χ1v) is 5.46. The Morgan fingerprint density at radius 1 is 1.57 bits per heavy atom. The number of hydrogen-bond donors (Lipinski definition) is 2. The molecule has 14 heavy (non-hydrogen) atoms. The van der Waals surface area contributed by atoms with Crippen LogP contribution in [0.3, 0.4) is 0 Å². The predicted molar refractivity (Wildman–Crippen MR) is 61.5 cm³/mol. The van der Waals surface area contributed by atoms with Gasteiger partial charge in [-0.15, -0.1) is 0 Å². The third-order valence-corrected chi connectivity index (χ3v) is 3.18. The van der Waals surface area contributed by atoms with E-state index in [1.807, 2.05) is 0 Å². The molecule has 0 fully saturated rings. The average Bonchev–Trinajstić information content (AvgIpc) is 2.48. The van der Waals surface area contributed by atoms with Gasteiger partial charge >= 0.3 is 0 Å². The van der Waals surface area contributed by atoms with Crippen molar-refractivity contribution in [2.45, 2.75) is 40.7 Å². The average molecular weight is 197 g/mol. The van der Waals surface area contributed by atoms with Gasteiger partial charge in [0.05, 0.1) is 6.54 Å². The summed E-state index contributed by atoms with van der Waals surface area (Å²) < 4.78 is 0. The molecule has 1 unspecified atom stereocenters. The van der Waals surface area contributed by atoms with Crippen molar-refractivity contribution in [1.82, 2.24) is 10.6 Å². The normalized spacial score (nSPS) is 22.1. The zero-order valence-electron chi connectivity index (χ0n) is 10.0. The van der Waals surface area contributed by atoms with Gasteiger partial charge in [-0.05, 0) is 18.3 Å². The summed E-state index contributed by atoms with van der Waals surface area (Å²) in [4.78, 5) is 4.37. The molecule has 82 valence electrons. The first kappa shape index (κ1) is 11.3. The highest BCUT2D eigenvalue weighted by atomic mass is 15.2. The van der Waals surface area contributed by atoms with Crippen LogP contribution in [-0.4, -0.2) is 25.1 Å². The molecule has 0 aromatic carbocycles. The fraction of sp³-hybridized carbons (Fsp3) is 0.909. The first-order chi connectivity index (χ1) is 6.42. The van der Waals surface area contributed by atoms with Gasteiger partial charge in [0, 0.05) is 12.6 Å². The van der Waals surface area contributed by atoms with E-state index >= 15 is 0 Å². The van der Waals surface area contributed by atoms with Crippen LogP contribution < -0.4 is 10.6 Å². The molecule has 0 radical (unpaired) electrons. The highest BCUT2D eigenvalue weighted by molar-refractivity contribution is 5.81. The second-order valence-corrected chi connectivity index (χ2v) is 5.23. The van der Waals surface area contributed by atoms with Crippen LogP contribution in [0.15, 0.2) is 4.99 Å². The van der Waals surface area contributed by atoms with Crippen molar-refractivity contribution < 1.29 is 0 Å². The van der Waals surface area contributed by atoms with Crippen LogP contribution in [0.1, 0.15) is 34.6 Å². The third-order valence-electron chi connectivity index (χ3n) is 3.18. The standard InChI is InChI=1S/C11H23N3/c1-8(2)11(4,5)7-13-10-12-6-9(3)14-10/h8-9H,6-7H2,1-5H3,(H2,12,13,14). The zero-order valence-corrected chi connectivity index (χ0v) is 10.0. The van der Waals surface area contributed by atoms with E-state index in [-0.39, 0.29) is 0 Å². The van der Waals surface area contributed by atoms with E-state index in [1.54, 1.807) is 0 Å². The van der Waals surface area contributed by atoms with Crippen molar-refractivity contribution in [2.24, 2.45) is 16.3 Å². The second kappa shape index (κ2) is 4.20. The minimum atomic E-state index is 0.316. The lowest BCUT2D eigenvalue weighted by molar-refractivity contribution is 0.250. The van der Waals surface area contributed by atoms with E-state index in [0.29, 0.717) is 17.4 Å². The van der Waals surface area contributed by atoms with Gasteiger partial charge in [-0.2, -0.15) is 0 Å².